The van der Waals surface area contributed by atoms with Gasteiger partial charge in [0.25, 0.3) is 0 Å². The van der Waals surface area contributed by atoms with Gasteiger partial charge in [0.05, 0.1) is 11.6 Å². The van der Waals surface area contributed by atoms with E-state index in [-0.39, 0.29) is 5.91 Å². The van der Waals surface area contributed by atoms with Crippen molar-refractivity contribution in [1.82, 2.24) is 5.32 Å². The summed E-state index contributed by atoms with van der Waals surface area (Å²) in [6, 6.07) is 7.25. The number of nitriles is 1. The summed E-state index contributed by atoms with van der Waals surface area (Å²) >= 11 is 0. The largest absolute Gasteiger partial charge is 0.485 e. The number of aliphatic hydroxyl groups excluding tert-OH is 2. The van der Waals surface area contributed by atoms with Gasteiger partial charge in [0.2, 0.25) is 5.91 Å². The second-order valence-corrected chi connectivity index (χ2v) is 6.86. The third-order valence-corrected chi connectivity index (χ3v) is 4.31. The molecule has 1 aromatic carbocycles. The normalized spacial score (nSPS) is 18.4. The summed E-state index contributed by atoms with van der Waals surface area (Å²) in [5.41, 5.74) is 0.744. The maximum atomic E-state index is 10.1. The second kappa shape index (κ2) is 13.4. The number of nitrogens with one attached hydrogen (secondary N) is 1. The van der Waals surface area contributed by atoms with Gasteiger partial charge in [0.1, 0.15) is 17.5 Å². The molecular formula is C18H29N2O7P. The molecule has 0 saturated carbocycles. The Kier molecular flexibility index (Phi) is 12.5. The molecule has 158 valence electrons. The molecule has 1 unspecified atom stereocenters. The number of ether oxygens (including phenoxy) is 1. The van der Waals surface area contributed by atoms with E-state index < -0.39 is 20.3 Å². The van der Waals surface area contributed by atoms with Crippen molar-refractivity contribution in [2.75, 3.05) is 20.8 Å². The lowest BCUT2D eigenvalue weighted by atomic mass is 9.90. The van der Waals surface area contributed by atoms with Crippen LogP contribution in [-0.2, 0) is 15.7 Å². The van der Waals surface area contributed by atoms with Gasteiger partial charge < -0.3 is 34.6 Å². The Bertz CT molecular complexity index is 639. The zero-order valence-electron chi connectivity index (χ0n) is 16.5. The van der Waals surface area contributed by atoms with E-state index in [4.69, 9.17) is 34.5 Å². The molecule has 1 aromatic rings. The number of aliphatic hydroxyl groups is 2. The number of nitrogens with zero attached hydrogens (tertiary/aromatic N) is 1. The molecule has 1 atom stereocenters. The first kappa shape index (κ1) is 26.2. The van der Waals surface area contributed by atoms with Crippen molar-refractivity contribution < 1.29 is 34.1 Å². The Labute approximate surface area is 166 Å². The van der Waals surface area contributed by atoms with Gasteiger partial charge in [0.15, 0.2) is 0 Å². The molecule has 2 aliphatic heterocycles. The highest BCUT2D eigenvalue weighted by atomic mass is 31.2. The predicted octanol–water partition coefficient (Wildman–Crippen LogP) is 0.982. The van der Waals surface area contributed by atoms with Crippen molar-refractivity contribution in [3.8, 4) is 11.8 Å². The van der Waals surface area contributed by atoms with E-state index in [9.17, 15) is 4.79 Å². The van der Waals surface area contributed by atoms with E-state index in [1.165, 1.54) is 0 Å². The Balaban J connectivity index is 0.000000607. The van der Waals surface area contributed by atoms with Crippen molar-refractivity contribution in [3.05, 3.63) is 29.3 Å². The van der Waals surface area contributed by atoms with Crippen LogP contribution in [0.15, 0.2) is 18.2 Å². The Hall–Kier alpha value is -1.79. The highest BCUT2D eigenvalue weighted by Gasteiger charge is 2.39. The van der Waals surface area contributed by atoms with Gasteiger partial charge in [-0.05, 0) is 44.0 Å². The van der Waals surface area contributed by atoms with Gasteiger partial charge in [0, 0.05) is 33.6 Å². The zero-order valence-corrected chi connectivity index (χ0v) is 17.4. The average molecular weight is 416 g/mol. The summed E-state index contributed by atoms with van der Waals surface area (Å²) in [4.78, 5) is 28.1. The van der Waals surface area contributed by atoms with Crippen LogP contribution >= 0.6 is 8.60 Å². The fourth-order valence-corrected chi connectivity index (χ4v) is 3.10. The molecule has 5 N–H and O–H groups in total. The molecule has 0 bridgehead atoms. The average Bonchev–Trinajstić information content (AvgIpc) is 3.16. The van der Waals surface area contributed by atoms with Crippen LogP contribution in [0.2, 0.25) is 0 Å². The molecule has 0 aromatic heterocycles. The van der Waals surface area contributed by atoms with Gasteiger partial charge in [-0.2, -0.15) is 5.26 Å². The van der Waals surface area contributed by atoms with Gasteiger partial charge in [-0.25, -0.2) is 0 Å². The van der Waals surface area contributed by atoms with Crippen LogP contribution in [0.25, 0.3) is 0 Å². The van der Waals surface area contributed by atoms with E-state index in [1.54, 1.807) is 18.2 Å². The van der Waals surface area contributed by atoms with E-state index in [1.807, 2.05) is 13.8 Å². The maximum Gasteiger partial charge on any atom is 0.327 e. The number of carbonyl (C=O) groups excluding carboxylic acids is 1. The number of carbonyl (C=O) groups is 1. The molecule has 2 heterocycles. The Morgan fingerprint density at radius 1 is 1.29 bits per heavy atom. The smallest absolute Gasteiger partial charge is 0.327 e. The molecule has 28 heavy (non-hydrogen) atoms. The standard InChI is InChI=1S/C12H14NO4P.C4H7NO.2CH4O/c1-12(2)11(17-18(14)15)6-9-5-8(7-13)3-4-10(9)16-12;6-4-2-1-3-5-4;2*1-2/h3-5,11,14-15H,6H2,1-2H3;1-3H2,(H,5,6);2*2H,1H3. The van der Waals surface area contributed by atoms with Crippen LogP contribution in [0.3, 0.4) is 0 Å². The second-order valence-electron chi connectivity index (χ2n) is 6.14. The molecule has 10 heteroatoms. The fraction of sp³-hybridized carbons (Fsp3) is 0.556. The summed E-state index contributed by atoms with van der Waals surface area (Å²) in [6.45, 7) is 4.55. The summed E-state index contributed by atoms with van der Waals surface area (Å²) < 4.78 is 10.9. The molecule has 1 amide bonds. The first-order chi connectivity index (χ1) is 13.3. The highest BCUT2D eigenvalue weighted by Crippen LogP contribution is 2.40. The summed E-state index contributed by atoms with van der Waals surface area (Å²) in [6.07, 6.45) is 1.79. The molecule has 1 saturated heterocycles. The maximum absolute atomic E-state index is 10.1. The minimum absolute atomic E-state index is 0.204. The topological polar surface area (TPSA) is 152 Å². The number of hydrogen-bond acceptors (Lipinski definition) is 8. The minimum atomic E-state index is -2.43. The molecule has 0 radical (unpaired) electrons. The van der Waals surface area contributed by atoms with E-state index in [2.05, 4.69) is 11.4 Å². The number of amides is 1. The number of fused-ring (bicyclic) bond motifs is 1. The monoisotopic (exact) mass is 416 g/mol. The lowest BCUT2D eigenvalue weighted by Crippen LogP contribution is -2.47. The van der Waals surface area contributed by atoms with Gasteiger partial charge >= 0.3 is 8.60 Å². The summed E-state index contributed by atoms with van der Waals surface area (Å²) in [5.74, 6) is 0.911. The molecular weight excluding hydrogens is 387 g/mol. The summed E-state index contributed by atoms with van der Waals surface area (Å²) in [5, 5.41) is 25.5. The van der Waals surface area contributed by atoms with Crippen molar-refractivity contribution >= 4 is 14.5 Å². The summed E-state index contributed by atoms with van der Waals surface area (Å²) in [7, 11) is -0.427. The first-order valence-corrected chi connectivity index (χ1v) is 9.71. The van der Waals surface area contributed by atoms with Crippen molar-refractivity contribution in [1.29, 1.82) is 5.26 Å². The van der Waals surface area contributed by atoms with Crippen molar-refractivity contribution in [2.24, 2.45) is 0 Å². The minimum Gasteiger partial charge on any atom is -0.485 e. The highest BCUT2D eigenvalue weighted by molar-refractivity contribution is 7.39. The number of rotatable bonds is 2. The Morgan fingerprint density at radius 3 is 2.36 bits per heavy atom. The molecule has 2 aliphatic rings. The van der Waals surface area contributed by atoms with Crippen LogP contribution in [0.5, 0.6) is 5.75 Å². The zero-order chi connectivity index (χ0) is 21.7. The van der Waals surface area contributed by atoms with Gasteiger partial charge in [-0.15, -0.1) is 0 Å². The van der Waals surface area contributed by atoms with Crippen molar-refractivity contribution in [2.45, 2.75) is 44.8 Å². The fourth-order valence-electron chi connectivity index (χ4n) is 2.55. The van der Waals surface area contributed by atoms with E-state index in [0.717, 1.165) is 39.2 Å². The van der Waals surface area contributed by atoms with Gasteiger partial charge in [-0.1, -0.05) is 0 Å². The van der Waals surface area contributed by atoms with E-state index >= 15 is 0 Å². The lowest BCUT2D eigenvalue weighted by molar-refractivity contribution is -0.119. The van der Waals surface area contributed by atoms with Crippen LogP contribution in [0.4, 0.5) is 0 Å². The van der Waals surface area contributed by atoms with E-state index in [0.29, 0.717) is 17.7 Å². The molecule has 0 spiro atoms. The SMILES string of the molecule is CC1(C)Oc2ccc(C#N)cc2CC1OP(O)O.CO.CO.O=C1CCCN1. The first-order valence-electron chi connectivity index (χ1n) is 8.54. The number of benzene rings is 1. The van der Waals surface area contributed by atoms with Crippen LogP contribution in [0, 0.1) is 11.3 Å². The molecule has 3 rings (SSSR count). The lowest BCUT2D eigenvalue weighted by Gasteiger charge is -2.39. The van der Waals surface area contributed by atoms with Crippen LogP contribution in [0.1, 0.15) is 37.8 Å². The molecule has 9 nitrogen and oxygen atoms in total. The Morgan fingerprint density at radius 2 is 1.93 bits per heavy atom. The number of hydrogen-bond donors (Lipinski definition) is 5. The van der Waals surface area contributed by atoms with Gasteiger partial charge in [-0.3, -0.25) is 4.79 Å². The third-order valence-electron chi connectivity index (χ3n) is 3.87. The van der Waals surface area contributed by atoms with Crippen LogP contribution in [-0.4, -0.2) is 58.4 Å². The van der Waals surface area contributed by atoms with Crippen molar-refractivity contribution in [3.63, 3.8) is 0 Å². The van der Waals surface area contributed by atoms with Crippen LogP contribution < -0.4 is 10.1 Å². The predicted molar refractivity (Wildman–Crippen MR) is 104 cm³/mol. The quantitative estimate of drug-likeness (QED) is 0.448. The third kappa shape index (κ3) is 8.48. The molecule has 0 aliphatic carbocycles. The molecule has 1 fully saturated rings.